The second kappa shape index (κ2) is 4.73. The largest absolute Gasteiger partial charge is 0.391 e. The Balaban J connectivity index is 2.23. The molecule has 0 radical (unpaired) electrons. The number of nitrogens with zero attached hydrogens (tertiary/aromatic N) is 1. The Hall–Kier alpha value is -0.580. The van der Waals surface area contributed by atoms with Gasteiger partial charge < -0.3 is 10.0 Å². The van der Waals surface area contributed by atoms with Gasteiger partial charge in [-0.2, -0.15) is 0 Å². The normalized spacial score (nSPS) is 20.2. The van der Waals surface area contributed by atoms with Gasteiger partial charge in [0.2, 0.25) is 0 Å². The first kappa shape index (κ1) is 11.9. The van der Waals surface area contributed by atoms with Gasteiger partial charge in [-0.3, -0.25) is 4.79 Å². The van der Waals surface area contributed by atoms with E-state index in [-0.39, 0.29) is 5.91 Å². The molecule has 3 nitrogen and oxygen atoms in total. The van der Waals surface area contributed by atoms with Crippen LogP contribution in [0.2, 0.25) is 5.02 Å². The van der Waals surface area contributed by atoms with Gasteiger partial charge in [0.1, 0.15) is 0 Å². The fraction of sp³-hybridized carbons (Fsp3) is 0.364. The van der Waals surface area contributed by atoms with Gasteiger partial charge in [-0.25, -0.2) is 0 Å². The van der Waals surface area contributed by atoms with Crippen LogP contribution in [0, 0.1) is 0 Å². The lowest BCUT2D eigenvalue weighted by atomic mass is 10.2. The molecule has 1 aliphatic heterocycles. The number of hydrogen-bond donors (Lipinski definition) is 1. The van der Waals surface area contributed by atoms with Crippen molar-refractivity contribution in [3.8, 4) is 0 Å². The summed E-state index contributed by atoms with van der Waals surface area (Å²) in [5.74, 6) is -0.122. The van der Waals surface area contributed by atoms with Gasteiger partial charge in [0.15, 0.2) is 0 Å². The van der Waals surface area contributed by atoms with Crippen LogP contribution in [-0.4, -0.2) is 35.1 Å². The number of carbonyl (C=O) groups excluding carboxylic acids is 1. The highest BCUT2D eigenvalue weighted by Crippen LogP contribution is 2.23. The van der Waals surface area contributed by atoms with Crippen molar-refractivity contribution in [3.05, 3.63) is 33.3 Å². The highest BCUT2D eigenvalue weighted by molar-refractivity contribution is 9.10. The van der Waals surface area contributed by atoms with Crippen LogP contribution in [0.15, 0.2) is 22.7 Å². The molecule has 0 spiro atoms. The maximum atomic E-state index is 12.1. The average molecular weight is 305 g/mol. The molecule has 1 saturated heterocycles. The number of likely N-dealkylation sites (tertiary alicyclic amines) is 1. The molecular weight excluding hydrogens is 293 g/mol. The van der Waals surface area contributed by atoms with E-state index in [0.29, 0.717) is 30.1 Å². The number of hydrogen-bond acceptors (Lipinski definition) is 2. The van der Waals surface area contributed by atoms with Crippen molar-refractivity contribution < 1.29 is 9.90 Å². The third kappa shape index (κ3) is 2.39. The maximum absolute atomic E-state index is 12.1. The average Bonchev–Trinajstić information content (AvgIpc) is 2.67. The zero-order valence-electron chi connectivity index (χ0n) is 8.49. The molecule has 1 amide bonds. The predicted molar refractivity (Wildman–Crippen MR) is 65.7 cm³/mol. The van der Waals surface area contributed by atoms with E-state index in [1.54, 1.807) is 23.1 Å². The minimum Gasteiger partial charge on any atom is -0.391 e. The van der Waals surface area contributed by atoms with Crippen LogP contribution >= 0.6 is 27.5 Å². The molecular formula is C11H11BrClNO2. The first-order valence-electron chi connectivity index (χ1n) is 5.00. The van der Waals surface area contributed by atoms with E-state index in [1.165, 1.54) is 0 Å². The van der Waals surface area contributed by atoms with Crippen molar-refractivity contribution in [3.63, 3.8) is 0 Å². The summed E-state index contributed by atoms with van der Waals surface area (Å²) in [5, 5.41) is 9.82. The molecule has 1 aliphatic rings. The molecule has 0 saturated carbocycles. The monoisotopic (exact) mass is 303 g/mol. The topological polar surface area (TPSA) is 40.5 Å². The van der Waals surface area contributed by atoms with Gasteiger partial charge in [-0.05, 0) is 24.6 Å². The Kier molecular flexibility index (Phi) is 3.52. The van der Waals surface area contributed by atoms with Crippen molar-refractivity contribution in [2.75, 3.05) is 13.1 Å². The minimum absolute atomic E-state index is 0.122. The van der Waals surface area contributed by atoms with E-state index in [2.05, 4.69) is 15.9 Å². The molecule has 1 aromatic rings. The fourth-order valence-electron chi connectivity index (χ4n) is 1.76. The predicted octanol–water partition coefficient (Wildman–Crippen LogP) is 2.31. The Morgan fingerprint density at radius 2 is 2.31 bits per heavy atom. The lowest BCUT2D eigenvalue weighted by Crippen LogP contribution is -2.29. The zero-order valence-corrected chi connectivity index (χ0v) is 10.8. The molecule has 0 aromatic heterocycles. The summed E-state index contributed by atoms with van der Waals surface area (Å²) in [7, 11) is 0. The molecule has 2 rings (SSSR count). The van der Waals surface area contributed by atoms with E-state index in [0.717, 1.165) is 4.47 Å². The van der Waals surface area contributed by atoms with E-state index in [9.17, 15) is 9.90 Å². The van der Waals surface area contributed by atoms with E-state index >= 15 is 0 Å². The van der Waals surface area contributed by atoms with Crippen molar-refractivity contribution in [2.45, 2.75) is 12.5 Å². The number of benzene rings is 1. The Labute approximate surface area is 107 Å². The lowest BCUT2D eigenvalue weighted by molar-refractivity contribution is 0.0765. The molecule has 1 N–H and O–H groups in total. The van der Waals surface area contributed by atoms with E-state index in [4.69, 9.17) is 11.6 Å². The first-order chi connectivity index (χ1) is 7.58. The SMILES string of the molecule is O=C(c1cc(Br)ccc1Cl)N1CCC(O)C1. The van der Waals surface area contributed by atoms with E-state index < -0.39 is 6.10 Å². The number of aliphatic hydroxyl groups excluding tert-OH is 1. The molecule has 5 heteroatoms. The standard InChI is InChI=1S/C11H11BrClNO2/c12-7-1-2-10(13)9(5-7)11(16)14-4-3-8(15)6-14/h1-2,5,8,15H,3-4,6H2. The summed E-state index contributed by atoms with van der Waals surface area (Å²) in [6, 6.07) is 5.18. The Morgan fingerprint density at radius 1 is 1.56 bits per heavy atom. The quantitative estimate of drug-likeness (QED) is 0.865. The number of aliphatic hydroxyl groups is 1. The summed E-state index contributed by atoms with van der Waals surface area (Å²) in [4.78, 5) is 13.7. The van der Waals surface area contributed by atoms with Crippen LogP contribution < -0.4 is 0 Å². The molecule has 1 fully saturated rings. The van der Waals surface area contributed by atoms with Crippen molar-refractivity contribution in [1.29, 1.82) is 0 Å². The van der Waals surface area contributed by atoms with Crippen LogP contribution in [0.3, 0.4) is 0 Å². The Bertz CT molecular complexity index is 424. The minimum atomic E-state index is -0.408. The summed E-state index contributed by atoms with van der Waals surface area (Å²) < 4.78 is 0.819. The Morgan fingerprint density at radius 3 is 2.94 bits per heavy atom. The maximum Gasteiger partial charge on any atom is 0.255 e. The van der Waals surface area contributed by atoms with Gasteiger partial charge >= 0.3 is 0 Å². The van der Waals surface area contributed by atoms with E-state index in [1.807, 2.05) is 0 Å². The van der Waals surface area contributed by atoms with Gasteiger partial charge in [0, 0.05) is 17.6 Å². The molecule has 1 unspecified atom stereocenters. The number of carbonyl (C=O) groups is 1. The van der Waals surface area contributed by atoms with Gasteiger partial charge in [-0.1, -0.05) is 27.5 Å². The van der Waals surface area contributed by atoms with Crippen LogP contribution in [-0.2, 0) is 0 Å². The zero-order chi connectivity index (χ0) is 11.7. The highest BCUT2D eigenvalue weighted by atomic mass is 79.9. The van der Waals surface area contributed by atoms with Crippen molar-refractivity contribution >= 4 is 33.4 Å². The summed E-state index contributed by atoms with van der Waals surface area (Å²) in [6.45, 7) is 0.977. The summed E-state index contributed by atoms with van der Waals surface area (Å²) in [6.07, 6.45) is 0.229. The molecule has 1 atom stereocenters. The fourth-order valence-corrected chi connectivity index (χ4v) is 2.32. The van der Waals surface area contributed by atoms with Crippen LogP contribution in [0.1, 0.15) is 16.8 Å². The molecule has 16 heavy (non-hydrogen) atoms. The van der Waals surface area contributed by atoms with Gasteiger partial charge in [-0.15, -0.1) is 0 Å². The van der Waals surface area contributed by atoms with Crippen LogP contribution in [0.5, 0.6) is 0 Å². The number of rotatable bonds is 1. The smallest absolute Gasteiger partial charge is 0.255 e. The second-order valence-electron chi connectivity index (χ2n) is 3.82. The lowest BCUT2D eigenvalue weighted by Gasteiger charge is -2.16. The number of β-amino-alcohol motifs (C(OH)–C–C–N with tert-alkyl or cyclic N) is 1. The molecule has 0 aliphatic carbocycles. The summed E-state index contributed by atoms with van der Waals surface area (Å²) >= 11 is 9.28. The third-order valence-electron chi connectivity index (χ3n) is 2.61. The number of amides is 1. The molecule has 86 valence electrons. The summed E-state index contributed by atoms with van der Waals surface area (Å²) in [5.41, 5.74) is 0.477. The van der Waals surface area contributed by atoms with Crippen molar-refractivity contribution in [2.24, 2.45) is 0 Å². The van der Waals surface area contributed by atoms with Crippen LogP contribution in [0.25, 0.3) is 0 Å². The first-order valence-corrected chi connectivity index (χ1v) is 6.17. The molecule has 0 bridgehead atoms. The molecule has 1 heterocycles. The molecule has 1 aromatic carbocycles. The van der Waals surface area contributed by atoms with Crippen LogP contribution in [0.4, 0.5) is 0 Å². The number of halogens is 2. The van der Waals surface area contributed by atoms with Crippen molar-refractivity contribution in [1.82, 2.24) is 4.90 Å². The second-order valence-corrected chi connectivity index (χ2v) is 5.14. The highest BCUT2D eigenvalue weighted by Gasteiger charge is 2.26. The van der Waals surface area contributed by atoms with Gasteiger partial charge in [0.05, 0.1) is 16.7 Å². The van der Waals surface area contributed by atoms with Gasteiger partial charge in [0.25, 0.3) is 5.91 Å². The third-order valence-corrected chi connectivity index (χ3v) is 3.43.